The average molecular weight is 292 g/mol. The van der Waals surface area contributed by atoms with E-state index in [-0.39, 0.29) is 23.8 Å². The van der Waals surface area contributed by atoms with Crippen molar-refractivity contribution in [2.45, 2.75) is 46.1 Å². The van der Waals surface area contributed by atoms with Crippen LogP contribution in [-0.4, -0.2) is 46.0 Å². The Balaban J connectivity index is 1.77. The van der Waals surface area contributed by atoms with Crippen molar-refractivity contribution in [1.82, 2.24) is 20.4 Å². The van der Waals surface area contributed by atoms with Gasteiger partial charge in [-0.05, 0) is 32.8 Å². The quantitative estimate of drug-likeness (QED) is 0.870. The first-order chi connectivity index (χ1) is 9.95. The smallest absolute Gasteiger partial charge is 0.223 e. The number of nitrogens with one attached hydrogen (secondary N) is 2. The first-order valence-corrected chi connectivity index (χ1v) is 7.52. The van der Waals surface area contributed by atoms with E-state index in [1.54, 1.807) is 11.8 Å². The van der Waals surface area contributed by atoms with Gasteiger partial charge in [-0.15, -0.1) is 0 Å². The molecule has 1 atom stereocenters. The first-order valence-electron chi connectivity index (χ1n) is 7.52. The Morgan fingerprint density at radius 3 is 2.67 bits per heavy atom. The minimum absolute atomic E-state index is 0.0176. The van der Waals surface area contributed by atoms with Crippen LogP contribution < -0.4 is 5.32 Å². The number of piperidine rings is 1. The largest absolute Gasteiger partial charge is 0.353 e. The lowest BCUT2D eigenvalue weighted by Crippen LogP contribution is -2.44. The minimum Gasteiger partial charge on any atom is -0.353 e. The summed E-state index contributed by atoms with van der Waals surface area (Å²) in [4.78, 5) is 25.3. The first kappa shape index (κ1) is 15.5. The van der Waals surface area contributed by atoms with Crippen molar-refractivity contribution in [1.29, 1.82) is 0 Å². The number of hydrogen-bond donors (Lipinski definition) is 2. The van der Waals surface area contributed by atoms with Gasteiger partial charge in [-0.2, -0.15) is 5.10 Å². The van der Waals surface area contributed by atoms with Crippen LogP contribution in [0.25, 0.3) is 0 Å². The molecule has 1 aromatic heterocycles. The summed E-state index contributed by atoms with van der Waals surface area (Å²) < 4.78 is 0. The van der Waals surface area contributed by atoms with Crippen molar-refractivity contribution < 1.29 is 9.59 Å². The molecule has 0 aliphatic carbocycles. The summed E-state index contributed by atoms with van der Waals surface area (Å²) in [7, 11) is 0. The van der Waals surface area contributed by atoms with Gasteiger partial charge in [-0.3, -0.25) is 14.7 Å². The molecule has 2 N–H and O–H groups in total. The number of amides is 2. The van der Waals surface area contributed by atoms with Crippen molar-refractivity contribution in [2.75, 3.05) is 13.1 Å². The van der Waals surface area contributed by atoms with Crippen molar-refractivity contribution in [3.63, 3.8) is 0 Å². The third-order valence-corrected chi connectivity index (χ3v) is 3.97. The lowest BCUT2D eigenvalue weighted by atomic mass is 9.95. The number of aryl methyl sites for hydroxylation is 1. The number of hydrogen-bond acceptors (Lipinski definition) is 3. The van der Waals surface area contributed by atoms with Crippen molar-refractivity contribution >= 4 is 11.8 Å². The average Bonchev–Trinajstić information content (AvgIpc) is 2.83. The highest BCUT2D eigenvalue weighted by Crippen LogP contribution is 2.17. The number of H-pyrrole nitrogens is 1. The molecule has 2 heterocycles. The number of rotatable bonds is 4. The molecule has 0 radical (unpaired) electrons. The van der Waals surface area contributed by atoms with Gasteiger partial charge in [0.05, 0.1) is 5.69 Å². The Bertz CT molecular complexity index is 504. The zero-order chi connectivity index (χ0) is 15.4. The molecule has 1 saturated heterocycles. The predicted molar refractivity (Wildman–Crippen MR) is 79.6 cm³/mol. The fourth-order valence-corrected chi connectivity index (χ4v) is 2.76. The van der Waals surface area contributed by atoms with Crippen LogP contribution in [0.3, 0.4) is 0 Å². The fourth-order valence-electron chi connectivity index (χ4n) is 2.76. The zero-order valence-corrected chi connectivity index (χ0v) is 13.0. The summed E-state index contributed by atoms with van der Waals surface area (Å²) in [6.07, 6.45) is 2.22. The molecule has 6 nitrogen and oxygen atoms in total. The summed E-state index contributed by atoms with van der Waals surface area (Å²) in [5.74, 6) is 0.207. The van der Waals surface area contributed by atoms with Crippen molar-refractivity contribution in [3.8, 4) is 0 Å². The second-order valence-corrected chi connectivity index (χ2v) is 5.94. The minimum atomic E-state index is 0.0176. The molecule has 1 unspecified atom stereocenters. The van der Waals surface area contributed by atoms with Gasteiger partial charge in [-0.1, -0.05) is 0 Å². The molecule has 2 rings (SSSR count). The molecule has 116 valence electrons. The van der Waals surface area contributed by atoms with E-state index >= 15 is 0 Å². The van der Waals surface area contributed by atoms with Crippen LogP contribution in [0.2, 0.25) is 0 Å². The van der Waals surface area contributed by atoms with Crippen molar-refractivity contribution in [2.24, 2.45) is 5.92 Å². The normalized spacial score (nSPS) is 17.6. The number of carbonyl (C=O) groups is 2. The molecule has 0 bridgehead atoms. The number of likely N-dealkylation sites (tertiary alicyclic amines) is 1. The molecule has 0 spiro atoms. The van der Waals surface area contributed by atoms with Crippen LogP contribution in [0.15, 0.2) is 6.07 Å². The zero-order valence-electron chi connectivity index (χ0n) is 13.0. The van der Waals surface area contributed by atoms with Crippen molar-refractivity contribution in [3.05, 3.63) is 17.5 Å². The second kappa shape index (κ2) is 6.74. The number of aromatic amines is 1. The molecule has 0 saturated carbocycles. The summed E-state index contributed by atoms with van der Waals surface area (Å²) in [6.45, 7) is 6.89. The molecule has 21 heavy (non-hydrogen) atoms. The van der Waals surface area contributed by atoms with Crippen LogP contribution in [0.5, 0.6) is 0 Å². The van der Waals surface area contributed by atoms with E-state index in [1.807, 2.05) is 19.9 Å². The summed E-state index contributed by atoms with van der Waals surface area (Å²) in [5, 5.41) is 10.1. The molecule has 1 aromatic rings. The van der Waals surface area contributed by atoms with E-state index in [1.165, 1.54) is 0 Å². The number of aromatic nitrogens is 2. The molecule has 1 aliphatic heterocycles. The van der Waals surface area contributed by atoms with E-state index in [2.05, 4.69) is 15.5 Å². The van der Waals surface area contributed by atoms with Gasteiger partial charge >= 0.3 is 0 Å². The Morgan fingerprint density at radius 1 is 1.48 bits per heavy atom. The molecule has 0 aromatic carbocycles. The van der Waals surface area contributed by atoms with Crippen LogP contribution in [0, 0.1) is 12.8 Å². The molecule has 1 aliphatic rings. The van der Waals surface area contributed by atoms with Crippen LogP contribution in [0.4, 0.5) is 0 Å². The molecular formula is C15H24N4O2. The maximum Gasteiger partial charge on any atom is 0.223 e. The molecule has 1 fully saturated rings. The third-order valence-electron chi connectivity index (χ3n) is 3.97. The number of nitrogens with zero attached hydrogens (tertiary/aromatic N) is 2. The lowest BCUT2D eigenvalue weighted by molar-refractivity contribution is -0.134. The second-order valence-electron chi connectivity index (χ2n) is 5.94. The van der Waals surface area contributed by atoms with E-state index in [0.29, 0.717) is 13.1 Å². The van der Waals surface area contributed by atoms with Gasteiger partial charge in [0.25, 0.3) is 0 Å². The van der Waals surface area contributed by atoms with E-state index in [9.17, 15) is 9.59 Å². The maximum absolute atomic E-state index is 12.2. The van der Waals surface area contributed by atoms with Gasteiger partial charge < -0.3 is 10.2 Å². The predicted octanol–water partition coefficient (Wildman–Crippen LogP) is 1.02. The highest BCUT2D eigenvalue weighted by Gasteiger charge is 2.26. The topological polar surface area (TPSA) is 78.1 Å². The van der Waals surface area contributed by atoms with Gasteiger partial charge in [0.1, 0.15) is 0 Å². The van der Waals surface area contributed by atoms with E-state index in [4.69, 9.17) is 0 Å². The van der Waals surface area contributed by atoms with Gasteiger partial charge in [0.15, 0.2) is 0 Å². The Kier molecular flexibility index (Phi) is 4.98. The van der Waals surface area contributed by atoms with Crippen LogP contribution >= 0.6 is 0 Å². The lowest BCUT2D eigenvalue weighted by Gasteiger charge is -2.31. The van der Waals surface area contributed by atoms with Gasteiger partial charge in [0, 0.05) is 44.1 Å². The molecular weight excluding hydrogens is 268 g/mol. The SMILES string of the molecule is CC(=O)N1CCC(C(=O)NC(C)Cc2cc(C)[nH]n2)CC1. The summed E-state index contributed by atoms with van der Waals surface area (Å²) >= 11 is 0. The standard InChI is InChI=1S/C15H24N4O2/c1-10(8-14-9-11(2)17-18-14)16-15(21)13-4-6-19(7-5-13)12(3)20/h9-10,13H,4-8H2,1-3H3,(H,16,21)(H,17,18). The maximum atomic E-state index is 12.2. The van der Waals surface area contributed by atoms with Crippen LogP contribution in [0.1, 0.15) is 38.1 Å². The van der Waals surface area contributed by atoms with Crippen LogP contribution in [-0.2, 0) is 16.0 Å². The fraction of sp³-hybridized carbons (Fsp3) is 0.667. The summed E-state index contributed by atoms with van der Waals surface area (Å²) in [5.41, 5.74) is 1.99. The highest BCUT2D eigenvalue weighted by atomic mass is 16.2. The third kappa shape index (κ3) is 4.31. The van der Waals surface area contributed by atoms with Gasteiger partial charge in [-0.25, -0.2) is 0 Å². The Hall–Kier alpha value is -1.85. The Labute approximate surface area is 125 Å². The highest BCUT2D eigenvalue weighted by molar-refractivity contribution is 5.79. The van der Waals surface area contributed by atoms with Gasteiger partial charge in [0.2, 0.25) is 11.8 Å². The monoisotopic (exact) mass is 292 g/mol. The van der Waals surface area contributed by atoms with E-state index < -0.39 is 0 Å². The summed E-state index contributed by atoms with van der Waals surface area (Å²) in [6, 6.07) is 2.06. The molecule has 2 amide bonds. The Morgan fingerprint density at radius 2 is 2.14 bits per heavy atom. The molecule has 6 heteroatoms. The van der Waals surface area contributed by atoms with E-state index in [0.717, 1.165) is 30.7 Å². The number of carbonyl (C=O) groups excluding carboxylic acids is 2.